The van der Waals surface area contributed by atoms with Gasteiger partial charge in [-0.3, -0.25) is 0 Å². The van der Waals surface area contributed by atoms with Gasteiger partial charge in [0.1, 0.15) is 12.4 Å². The van der Waals surface area contributed by atoms with E-state index in [4.69, 9.17) is 13.9 Å². The number of hydrogen-bond acceptors (Lipinski definition) is 3. The summed E-state index contributed by atoms with van der Waals surface area (Å²) in [7, 11) is 0. The fourth-order valence-electron chi connectivity index (χ4n) is 0.915. The summed E-state index contributed by atoms with van der Waals surface area (Å²) < 4.78 is 15.4. The van der Waals surface area contributed by atoms with Crippen LogP contribution in [-0.4, -0.2) is 12.9 Å². The molecular weight excluding hydrogens is 144 g/mol. The molecule has 1 atom stereocenters. The molecule has 1 aliphatic rings. The van der Waals surface area contributed by atoms with Gasteiger partial charge in [0.25, 0.3) is 0 Å². The lowest BCUT2D eigenvalue weighted by molar-refractivity contribution is -0.222. The Balaban J connectivity index is 1.74. The van der Waals surface area contributed by atoms with Crippen LogP contribution < -0.4 is 0 Å². The molecule has 0 radical (unpaired) electrons. The third-order valence-electron chi connectivity index (χ3n) is 1.65. The highest BCUT2D eigenvalue weighted by Crippen LogP contribution is 2.14. The standard InChI is InChI=1S/C8H10O3/c1-2-7(9-4-1)6-11-8-3-5-10-8/h1-2,4,8H,3,5-6H2. The van der Waals surface area contributed by atoms with Crippen LogP contribution in [0.1, 0.15) is 12.2 Å². The van der Waals surface area contributed by atoms with E-state index in [2.05, 4.69) is 0 Å². The summed E-state index contributed by atoms with van der Waals surface area (Å²) in [6, 6.07) is 3.74. The molecule has 1 aliphatic heterocycles. The first-order valence-corrected chi connectivity index (χ1v) is 3.71. The molecule has 0 spiro atoms. The zero-order valence-corrected chi connectivity index (χ0v) is 6.16. The minimum Gasteiger partial charge on any atom is -0.467 e. The molecule has 11 heavy (non-hydrogen) atoms. The zero-order chi connectivity index (χ0) is 7.52. The lowest BCUT2D eigenvalue weighted by atomic mass is 10.3. The van der Waals surface area contributed by atoms with Crippen LogP contribution in [0.2, 0.25) is 0 Å². The van der Waals surface area contributed by atoms with Crippen LogP contribution in [0.15, 0.2) is 22.8 Å². The van der Waals surface area contributed by atoms with Gasteiger partial charge in [-0.05, 0) is 12.1 Å². The monoisotopic (exact) mass is 154 g/mol. The molecule has 1 aromatic heterocycles. The van der Waals surface area contributed by atoms with Crippen LogP contribution in [0.3, 0.4) is 0 Å². The van der Waals surface area contributed by atoms with Crippen LogP contribution in [0.25, 0.3) is 0 Å². The maximum atomic E-state index is 5.31. The highest BCUT2D eigenvalue weighted by molar-refractivity contribution is 4.96. The van der Waals surface area contributed by atoms with E-state index in [0.717, 1.165) is 18.8 Å². The van der Waals surface area contributed by atoms with E-state index in [9.17, 15) is 0 Å². The molecule has 0 bridgehead atoms. The lowest BCUT2D eigenvalue weighted by Crippen LogP contribution is -2.29. The SMILES string of the molecule is c1coc(COC2CCO2)c1. The summed E-state index contributed by atoms with van der Waals surface area (Å²) in [5, 5.41) is 0. The average molecular weight is 154 g/mol. The van der Waals surface area contributed by atoms with E-state index in [0.29, 0.717) is 6.61 Å². The minimum absolute atomic E-state index is 0.0000926. The van der Waals surface area contributed by atoms with Gasteiger partial charge >= 0.3 is 0 Å². The summed E-state index contributed by atoms with van der Waals surface area (Å²) >= 11 is 0. The summed E-state index contributed by atoms with van der Waals surface area (Å²) in [6.45, 7) is 1.33. The topological polar surface area (TPSA) is 31.6 Å². The van der Waals surface area contributed by atoms with Crippen molar-refractivity contribution in [1.29, 1.82) is 0 Å². The normalized spacial score (nSPS) is 23.1. The molecule has 60 valence electrons. The van der Waals surface area contributed by atoms with Gasteiger partial charge in [-0.15, -0.1) is 0 Å². The second-order valence-electron chi connectivity index (χ2n) is 2.48. The summed E-state index contributed by atoms with van der Waals surface area (Å²) in [4.78, 5) is 0. The van der Waals surface area contributed by atoms with Gasteiger partial charge in [0.05, 0.1) is 12.9 Å². The molecular formula is C8H10O3. The Morgan fingerprint density at radius 1 is 1.64 bits per heavy atom. The Morgan fingerprint density at radius 2 is 2.55 bits per heavy atom. The highest BCUT2D eigenvalue weighted by atomic mass is 16.7. The van der Waals surface area contributed by atoms with E-state index >= 15 is 0 Å². The van der Waals surface area contributed by atoms with Crippen molar-refractivity contribution in [3.63, 3.8) is 0 Å². The van der Waals surface area contributed by atoms with Crippen molar-refractivity contribution in [2.75, 3.05) is 6.61 Å². The first-order chi connectivity index (χ1) is 5.45. The minimum atomic E-state index is 0.0000926. The van der Waals surface area contributed by atoms with Gasteiger partial charge in [0.15, 0.2) is 6.29 Å². The molecule has 1 fully saturated rings. The Morgan fingerprint density at radius 3 is 3.09 bits per heavy atom. The Labute approximate surface area is 64.9 Å². The quantitative estimate of drug-likeness (QED) is 0.661. The Hall–Kier alpha value is -0.800. The fraction of sp³-hybridized carbons (Fsp3) is 0.500. The van der Waals surface area contributed by atoms with Crippen LogP contribution in [-0.2, 0) is 16.1 Å². The van der Waals surface area contributed by atoms with Gasteiger partial charge in [-0.1, -0.05) is 0 Å². The summed E-state index contributed by atoms with van der Waals surface area (Å²) in [6.07, 6.45) is 2.64. The number of ether oxygens (including phenoxy) is 2. The van der Waals surface area contributed by atoms with Crippen LogP contribution in [0, 0.1) is 0 Å². The molecule has 2 rings (SSSR count). The first kappa shape index (κ1) is 6.88. The van der Waals surface area contributed by atoms with Gasteiger partial charge in [0.2, 0.25) is 0 Å². The molecule has 1 unspecified atom stereocenters. The molecule has 0 aliphatic carbocycles. The smallest absolute Gasteiger partial charge is 0.160 e. The average Bonchev–Trinajstić information content (AvgIpc) is 2.36. The third-order valence-corrected chi connectivity index (χ3v) is 1.65. The second kappa shape index (κ2) is 3.07. The molecule has 0 N–H and O–H groups in total. The molecule has 1 saturated heterocycles. The maximum absolute atomic E-state index is 5.31. The zero-order valence-electron chi connectivity index (χ0n) is 6.16. The first-order valence-electron chi connectivity index (χ1n) is 3.71. The van der Waals surface area contributed by atoms with Gasteiger partial charge in [0, 0.05) is 6.42 Å². The van der Waals surface area contributed by atoms with Gasteiger partial charge in [-0.25, -0.2) is 0 Å². The lowest BCUT2D eigenvalue weighted by Gasteiger charge is -2.25. The maximum Gasteiger partial charge on any atom is 0.160 e. The van der Waals surface area contributed by atoms with Gasteiger partial charge in [-0.2, -0.15) is 0 Å². The Bertz CT molecular complexity index is 201. The summed E-state index contributed by atoms with van der Waals surface area (Å²) in [5.74, 6) is 0.848. The van der Waals surface area contributed by atoms with Crippen molar-refractivity contribution < 1.29 is 13.9 Å². The van der Waals surface area contributed by atoms with Crippen LogP contribution in [0.4, 0.5) is 0 Å². The van der Waals surface area contributed by atoms with Crippen molar-refractivity contribution in [3.8, 4) is 0 Å². The van der Waals surface area contributed by atoms with Crippen molar-refractivity contribution in [2.24, 2.45) is 0 Å². The predicted molar refractivity (Wildman–Crippen MR) is 37.9 cm³/mol. The highest BCUT2D eigenvalue weighted by Gasteiger charge is 2.18. The fourth-order valence-corrected chi connectivity index (χ4v) is 0.915. The molecule has 3 heteroatoms. The molecule has 2 heterocycles. The van der Waals surface area contributed by atoms with E-state index < -0.39 is 0 Å². The molecule has 0 aromatic carbocycles. The Kier molecular flexibility index (Phi) is 1.92. The summed E-state index contributed by atoms with van der Waals surface area (Å²) in [5.41, 5.74) is 0. The molecule has 3 nitrogen and oxygen atoms in total. The van der Waals surface area contributed by atoms with E-state index in [-0.39, 0.29) is 6.29 Å². The predicted octanol–water partition coefficient (Wildman–Crippen LogP) is 1.54. The van der Waals surface area contributed by atoms with E-state index in [1.54, 1.807) is 6.26 Å². The van der Waals surface area contributed by atoms with E-state index in [1.165, 1.54) is 0 Å². The number of rotatable bonds is 3. The van der Waals surface area contributed by atoms with Crippen molar-refractivity contribution in [2.45, 2.75) is 19.3 Å². The molecule has 0 saturated carbocycles. The van der Waals surface area contributed by atoms with E-state index in [1.807, 2.05) is 12.1 Å². The van der Waals surface area contributed by atoms with Crippen molar-refractivity contribution in [3.05, 3.63) is 24.2 Å². The largest absolute Gasteiger partial charge is 0.467 e. The van der Waals surface area contributed by atoms with Crippen molar-refractivity contribution >= 4 is 0 Å². The number of furan rings is 1. The third kappa shape index (κ3) is 1.61. The van der Waals surface area contributed by atoms with Crippen molar-refractivity contribution in [1.82, 2.24) is 0 Å². The second-order valence-corrected chi connectivity index (χ2v) is 2.48. The molecule has 0 amide bonds. The van der Waals surface area contributed by atoms with Crippen LogP contribution in [0.5, 0.6) is 0 Å². The number of hydrogen-bond donors (Lipinski definition) is 0. The molecule has 1 aromatic rings. The van der Waals surface area contributed by atoms with Crippen LogP contribution >= 0.6 is 0 Å². The van der Waals surface area contributed by atoms with Gasteiger partial charge < -0.3 is 13.9 Å².